The van der Waals surface area contributed by atoms with Gasteiger partial charge in [0.1, 0.15) is 12.4 Å². The third-order valence-electron chi connectivity index (χ3n) is 2.32. The van der Waals surface area contributed by atoms with Crippen LogP contribution in [0.2, 0.25) is 5.02 Å². The first-order valence-electron chi connectivity index (χ1n) is 5.22. The fraction of sp³-hybridized carbons (Fsp3) is 0.250. The van der Waals surface area contributed by atoms with Crippen LogP contribution in [0.3, 0.4) is 0 Å². The number of hydrogen-bond donors (Lipinski definition) is 1. The standard InChI is InChI=1S/C12H13ClN2OS/c1-8(14)11-4-9(13)2-3-12(11)16-6-10-5-15-7-17-10/h2-5,7-8H,6,14H2,1H3. The molecule has 17 heavy (non-hydrogen) atoms. The summed E-state index contributed by atoms with van der Waals surface area (Å²) in [7, 11) is 0. The molecule has 0 saturated heterocycles. The van der Waals surface area contributed by atoms with Crippen molar-refractivity contribution in [2.45, 2.75) is 19.6 Å². The van der Waals surface area contributed by atoms with E-state index in [4.69, 9.17) is 22.1 Å². The van der Waals surface area contributed by atoms with Crippen LogP contribution < -0.4 is 10.5 Å². The van der Waals surface area contributed by atoms with Gasteiger partial charge in [-0.25, -0.2) is 0 Å². The Labute approximate surface area is 109 Å². The van der Waals surface area contributed by atoms with Gasteiger partial charge in [-0.15, -0.1) is 11.3 Å². The van der Waals surface area contributed by atoms with Crippen molar-refractivity contribution in [3.63, 3.8) is 0 Å². The molecule has 90 valence electrons. The molecule has 0 spiro atoms. The summed E-state index contributed by atoms with van der Waals surface area (Å²) >= 11 is 7.51. The molecule has 1 unspecified atom stereocenters. The van der Waals surface area contributed by atoms with E-state index in [9.17, 15) is 0 Å². The molecular weight excluding hydrogens is 256 g/mol. The van der Waals surface area contributed by atoms with Gasteiger partial charge in [0.05, 0.1) is 10.4 Å². The number of nitrogens with zero attached hydrogens (tertiary/aromatic N) is 1. The lowest BCUT2D eigenvalue weighted by molar-refractivity contribution is 0.305. The summed E-state index contributed by atoms with van der Waals surface area (Å²) in [5.41, 5.74) is 8.59. The molecule has 3 nitrogen and oxygen atoms in total. The number of benzene rings is 1. The second-order valence-electron chi connectivity index (χ2n) is 3.73. The molecule has 0 aliphatic carbocycles. The predicted molar refractivity (Wildman–Crippen MR) is 70.5 cm³/mol. The Morgan fingerprint density at radius 2 is 2.35 bits per heavy atom. The molecular formula is C12H13ClN2OS. The molecule has 1 aromatic carbocycles. The first-order chi connectivity index (χ1) is 8.16. The van der Waals surface area contributed by atoms with Gasteiger partial charge in [0.15, 0.2) is 0 Å². The molecule has 0 bridgehead atoms. The SMILES string of the molecule is CC(N)c1cc(Cl)ccc1OCc1cncs1. The van der Waals surface area contributed by atoms with Gasteiger partial charge in [0.25, 0.3) is 0 Å². The Bertz CT molecular complexity index is 485. The highest BCUT2D eigenvalue weighted by molar-refractivity contribution is 7.09. The minimum atomic E-state index is -0.106. The lowest BCUT2D eigenvalue weighted by Gasteiger charge is -2.13. The quantitative estimate of drug-likeness (QED) is 0.925. The Morgan fingerprint density at radius 3 is 3.00 bits per heavy atom. The second-order valence-corrected chi connectivity index (χ2v) is 5.13. The maximum atomic E-state index is 5.94. The fourth-order valence-electron chi connectivity index (χ4n) is 1.47. The van der Waals surface area contributed by atoms with Crippen molar-refractivity contribution in [2.24, 2.45) is 5.73 Å². The Kier molecular flexibility index (Phi) is 3.99. The van der Waals surface area contributed by atoms with Crippen LogP contribution in [-0.2, 0) is 6.61 Å². The zero-order valence-electron chi connectivity index (χ0n) is 9.39. The van der Waals surface area contributed by atoms with Gasteiger partial charge in [-0.3, -0.25) is 4.98 Å². The third kappa shape index (κ3) is 3.19. The molecule has 0 amide bonds. The molecule has 0 fully saturated rings. The molecule has 2 N–H and O–H groups in total. The maximum Gasteiger partial charge on any atom is 0.124 e. The van der Waals surface area contributed by atoms with E-state index in [1.807, 2.05) is 19.1 Å². The first-order valence-corrected chi connectivity index (χ1v) is 6.48. The first kappa shape index (κ1) is 12.4. The third-order valence-corrected chi connectivity index (χ3v) is 3.30. The van der Waals surface area contributed by atoms with Gasteiger partial charge >= 0.3 is 0 Å². The van der Waals surface area contributed by atoms with Crippen molar-refractivity contribution in [3.8, 4) is 5.75 Å². The average molecular weight is 269 g/mol. The Morgan fingerprint density at radius 1 is 1.53 bits per heavy atom. The topological polar surface area (TPSA) is 48.1 Å². The van der Waals surface area contributed by atoms with Crippen LogP contribution in [0.1, 0.15) is 23.4 Å². The van der Waals surface area contributed by atoms with Crippen LogP contribution in [0.4, 0.5) is 0 Å². The molecule has 1 atom stereocenters. The number of ether oxygens (including phenoxy) is 1. The summed E-state index contributed by atoms with van der Waals surface area (Å²) in [5.74, 6) is 0.776. The normalized spacial score (nSPS) is 12.4. The van der Waals surface area contributed by atoms with Gasteiger partial charge in [-0.05, 0) is 25.1 Å². The number of thiazole rings is 1. The van der Waals surface area contributed by atoms with Gasteiger partial charge in [0.2, 0.25) is 0 Å². The molecule has 5 heteroatoms. The van der Waals surface area contributed by atoms with E-state index in [1.165, 1.54) is 0 Å². The van der Waals surface area contributed by atoms with E-state index >= 15 is 0 Å². The van der Waals surface area contributed by atoms with Gasteiger partial charge in [-0.2, -0.15) is 0 Å². The number of nitrogens with two attached hydrogens (primary N) is 1. The minimum absolute atomic E-state index is 0.106. The van der Waals surface area contributed by atoms with Crippen LogP contribution >= 0.6 is 22.9 Å². The van der Waals surface area contributed by atoms with Crippen molar-refractivity contribution < 1.29 is 4.74 Å². The number of rotatable bonds is 4. The second kappa shape index (κ2) is 5.49. The molecule has 2 rings (SSSR count). The molecule has 0 aliphatic rings. The van der Waals surface area contributed by atoms with E-state index in [1.54, 1.807) is 29.1 Å². The number of aromatic nitrogens is 1. The van der Waals surface area contributed by atoms with E-state index < -0.39 is 0 Å². The van der Waals surface area contributed by atoms with Gasteiger partial charge < -0.3 is 10.5 Å². The van der Waals surface area contributed by atoms with Crippen molar-refractivity contribution in [3.05, 3.63) is 45.4 Å². The van der Waals surface area contributed by atoms with E-state index in [0.717, 1.165) is 16.2 Å². The van der Waals surface area contributed by atoms with E-state index in [0.29, 0.717) is 11.6 Å². The molecule has 1 aromatic heterocycles. The highest BCUT2D eigenvalue weighted by Gasteiger charge is 2.09. The average Bonchev–Trinajstić information content (AvgIpc) is 2.80. The smallest absolute Gasteiger partial charge is 0.124 e. The number of hydrogen-bond acceptors (Lipinski definition) is 4. The molecule has 2 aromatic rings. The van der Waals surface area contributed by atoms with Gasteiger partial charge in [0, 0.05) is 22.8 Å². The monoisotopic (exact) mass is 268 g/mol. The summed E-state index contributed by atoms with van der Waals surface area (Å²) in [6, 6.07) is 5.39. The predicted octanol–water partition coefficient (Wildman–Crippen LogP) is 3.40. The molecule has 0 aliphatic heterocycles. The lowest BCUT2D eigenvalue weighted by atomic mass is 10.1. The van der Waals surface area contributed by atoms with Crippen molar-refractivity contribution in [1.29, 1.82) is 0 Å². The minimum Gasteiger partial charge on any atom is -0.488 e. The van der Waals surface area contributed by atoms with E-state index in [2.05, 4.69) is 4.98 Å². The van der Waals surface area contributed by atoms with Crippen LogP contribution in [0.15, 0.2) is 29.9 Å². The van der Waals surface area contributed by atoms with Crippen LogP contribution in [0.5, 0.6) is 5.75 Å². The summed E-state index contributed by atoms with van der Waals surface area (Å²) in [4.78, 5) is 5.08. The summed E-state index contributed by atoms with van der Waals surface area (Å²) in [6.45, 7) is 2.41. The van der Waals surface area contributed by atoms with Crippen LogP contribution in [-0.4, -0.2) is 4.98 Å². The highest BCUT2D eigenvalue weighted by atomic mass is 35.5. The van der Waals surface area contributed by atoms with E-state index in [-0.39, 0.29) is 6.04 Å². The van der Waals surface area contributed by atoms with Crippen molar-refractivity contribution in [2.75, 3.05) is 0 Å². The van der Waals surface area contributed by atoms with Crippen LogP contribution in [0, 0.1) is 0 Å². The summed E-state index contributed by atoms with van der Waals surface area (Å²) < 4.78 is 5.73. The Hall–Kier alpha value is -1.10. The Balaban J connectivity index is 2.14. The molecule has 0 radical (unpaired) electrons. The lowest BCUT2D eigenvalue weighted by Crippen LogP contribution is -2.07. The zero-order valence-corrected chi connectivity index (χ0v) is 11.0. The molecule has 1 heterocycles. The zero-order chi connectivity index (χ0) is 12.3. The highest BCUT2D eigenvalue weighted by Crippen LogP contribution is 2.28. The number of halogens is 1. The van der Waals surface area contributed by atoms with Crippen LogP contribution in [0.25, 0.3) is 0 Å². The summed E-state index contributed by atoms with van der Waals surface area (Å²) in [6.07, 6.45) is 1.80. The maximum absolute atomic E-state index is 5.94. The fourth-order valence-corrected chi connectivity index (χ4v) is 2.16. The van der Waals surface area contributed by atoms with Gasteiger partial charge in [-0.1, -0.05) is 11.6 Å². The molecule has 0 saturated carbocycles. The van der Waals surface area contributed by atoms with Crippen molar-refractivity contribution >= 4 is 22.9 Å². The largest absolute Gasteiger partial charge is 0.488 e. The van der Waals surface area contributed by atoms with Crippen molar-refractivity contribution in [1.82, 2.24) is 4.98 Å². The summed E-state index contributed by atoms with van der Waals surface area (Å²) in [5, 5.41) is 0.669.